The van der Waals surface area contributed by atoms with E-state index in [0.29, 0.717) is 78.4 Å². The molecule has 0 radical (unpaired) electrons. The van der Waals surface area contributed by atoms with Crippen molar-refractivity contribution in [3.63, 3.8) is 0 Å². The van der Waals surface area contributed by atoms with Crippen LogP contribution in [0.15, 0.2) is 213 Å². The molecule has 660 valence electrons. The number of carbonyl (C=O) groups is 4. The molecule has 37 heteroatoms. The fourth-order valence-corrected chi connectivity index (χ4v) is 14.2. The van der Waals surface area contributed by atoms with Crippen LogP contribution in [0, 0.1) is 23.4 Å². The third-order valence-corrected chi connectivity index (χ3v) is 20.3. The molecule has 11 rings (SSSR count). The fourth-order valence-electron chi connectivity index (χ4n) is 13.8. The Morgan fingerprint density at radius 2 is 0.878 bits per heavy atom. The van der Waals surface area contributed by atoms with Crippen LogP contribution in [0.5, 0.6) is 5.75 Å². The number of alkyl halides is 12. The number of aliphatic hydroxyl groups is 3. The normalized spacial score (nSPS) is 16.8. The van der Waals surface area contributed by atoms with E-state index in [4.69, 9.17) is 54.9 Å². The summed E-state index contributed by atoms with van der Waals surface area (Å²) in [6.07, 6.45) is -10.1. The van der Waals surface area contributed by atoms with Gasteiger partial charge in [-0.25, -0.2) is 36.3 Å². The second-order valence-electron chi connectivity index (χ2n) is 28.9. The number of carboxylic acids is 1. The number of hydrogen-bond donors (Lipinski definition) is 10. The Morgan fingerprint density at radius 1 is 0.504 bits per heavy atom. The van der Waals surface area contributed by atoms with Crippen LogP contribution in [0.25, 0.3) is 0 Å². The number of carboxylic acid groups (broad SMARTS) is 1. The smallest absolute Gasteiger partial charge is 0.461 e. The minimum atomic E-state index is -4.98. The number of pyridine rings is 3. The van der Waals surface area contributed by atoms with Crippen LogP contribution in [-0.4, -0.2) is 122 Å². The van der Waals surface area contributed by atoms with Crippen molar-refractivity contribution in [2.75, 3.05) is 26.4 Å². The number of urea groups is 3. The van der Waals surface area contributed by atoms with Gasteiger partial charge in [-0.2, -0.15) is 43.9 Å². The second kappa shape index (κ2) is 43.9. The maximum atomic E-state index is 14.8. The minimum absolute atomic E-state index is 0.0119. The van der Waals surface area contributed by atoms with Gasteiger partial charge in [0.25, 0.3) is 5.92 Å². The minimum Gasteiger partial charge on any atom is -0.513 e. The lowest BCUT2D eigenvalue weighted by molar-refractivity contribution is -0.253. The van der Waals surface area contributed by atoms with Gasteiger partial charge in [-0.1, -0.05) is 139 Å². The summed E-state index contributed by atoms with van der Waals surface area (Å²) in [7, 11) is 0. The highest BCUT2D eigenvalue weighted by Crippen LogP contribution is 2.43. The van der Waals surface area contributed by atoms with E-state index in [1.807, 2.05) is 5.32 Å². The number of aromatic nitrogens is 3. The molecule has 123 heavy (non-hydrogen) atoms. The quantitative estimate of drug-likeness (QED) is 0.0154. The van der Waals surface area contributed by atoms with Crippen LogP contribution in [0.1, 0.15) is 126 Å². The SMILES string of the molecule is C=C(O)CC1CCC(NC(=O)N[C@@](Cc2ccccc2)(c2cc(F)cc(C(F)(F)F)c2)c2ccc(Cl)cn2)CC1.CCC(=O)O.O=C(NC1CCC(OCCO)C1)N[C@@](Cc1ccccc1)(c1cc(F)cc(C(F)(F)F)c1)c1ccc(Cl)cn1.O=C(NCC(F)(F)CO)N[C@@](Cc1ccccc1)(c1cc(F)cc(OC(F)(F)C(F)F)c1)c1ccc(Cl)cn1. The summed E-state index contributed by atoms with van der Waals surface area (Å²) < 4.78 is 216. The summed E-state index contributed by atoms with van der Waals surface area (Å²) in [4.78, 5) is 62.1. The molecule has 0 spiro atoms. The van der Waals surface area contributed by atoms with Crippen LogP contribution >= 0.6 is 34.8 Å². The maximum absolute atomic E-state index is 14.8. The van der Waals surface area contributed by atoms with Crippen LogP contribution in [0.4, 0.5) is 80.2 Å². The Hall–Kier alpha value is -10.9. The number of halogens is 18. The third kappa shape index (κ3) is 28.8. The molecule has 3 aromatic heterocycles. The number of nitrogens with one attached hydrogen (secondary N) is 6. The number of ether oxygens (including phenoxy) is 2. The average Bonchev–Trinajstić information content (AvgIpc) is 1.20. The van der Waals surface area contributed by atoms with Crippen LogP contribution in [0.2, 0.25) is 15.1 Å². The van der Waals surface area contributed by atoms with Gasteiger partial charge in [0.05, 0.1) is 74.9 Å². The molecular weight excluding hydrogens is 1710 g/mol. The highest BCUT2D eigenvalue weighted by molar-refractivity contribution is 6.31. The first-order chi connectivity index (χ1) is 58.1. The van der Waals surface area contributed by atoms with Crippen LogP contribution in [0.3, 0.4) is 0 Å². The Labute approximate surface area is 711 Å². The van der Waals surface area contributed by atoms with E-state index in [1.165, 1.54) is 48.8 Å². The predicted octanol–water partition coefficient (Wildman–Crippen LogP) is 19.3. The van der Waals surface area contributed by atoms with E-state index in [2.05, 4.69) is 52.9 Å². The molecule has 6 amide bonds. The van der Waals surface area contributed by atoms with Crippen molar-refractivity contribution < 1.29 is 115 Å². The van der Waals surface area contributed by atoms with E-state index in [9.17, 15) is 90.1 Å². The molecule has 3 heterocycles. The predicted molar refractivity (Wildman–Crippen MR) is 428 cm³/mol. The number of benzene rings is 6. The molecule has 0 bridgehead atoms. The van der Waals surface area contributed by atoms with E-state index in [-0.39, 0.29) is 113 Å². The average molecular weight is 1800 g/mol. The van der Waals surface area contributed by atoms with Crippen molar-refractivity contribution in [1.82, 2.24) is 46.9 Å². The molecule has 19 nitrogen and oxygen atoms in total. The largest absolute Gasteiger partial charge is 0.513 e. The molecule has 2 aliphatic rings. The highest BCUT2D eigenvalue weighted by Gasteiger charge is 2.47. The number of allylic oxidation sites excluding steroid dienone is 1. The number of hydrogen-bond acceptors (Lipinski definition) is 12. The van der Waals surface area contributed by atoms with Crippen molar-refractivity contribution >= 4 is 58.9 Å². The lowest BCUT2D eigenvalue weighted by Crippen LogP contribution is -2.54. The molecule has 0 aliphatic heterocycles. The van der Waals surface area contributed by atoms with Crippen LogP contribution < -0.4 is 36.6 Å². The number of aliphatic hydroxyl groups excluding tert-OH is 3. The molecule has 5 atom stereocenters. The number of rotatable bonds is 29. The molecule has 2 unspecified atom stereocenters. The van der Waals surface area contributed by atoms with Gasteiger partial charge in [0.1, 0.15) is 46.4 Å². The molecule has 2 aliphatic carbocycles. The summed E-state index contributed by atoms with van der Waals surface area (Å²) in [6.45, 7) is 2.37. The molecular formula is C86H85Cl3F15N9O10. The lowest BCUT2D eigenvalue weighted by Gasteiger charge is -2.37. The summed E-state index contributed by atoms with van der Waals surface area (Å²) in [5.41, 5.74) is -6.07. The van der Waals surface area contributed by atoms with Crippen molar-refractivity contribution in [2.45, 2.75) is 150 Å². The summed E-state index contributed by atoms with van der Waals surface area (Å²) in [6, 6.07) is 38.0. The zero-order valence-corrected chi connectivity index (χ0v) is 67.6. The van der Waals surface area contributed by atoms with Crippen molar-refractivity contribution in [2.24, 2.45) is 5.92 Å². The van der Waals surface area contributed by atoms with Gasteiger partial charge in [0.2, 0.25) is 0 Å². The van der Waals surface area contributed by atoms with Gasteiger partial charge in [0.15, 0.2) is 0 Å². The van der Waals surface area contributed by atoms with Gasteiger partial charge in [-0.3, -0.25) is 19.7 Å². The zero-order valence-electron chi connectivity index (χ0n) is 65.3. The fraction of sp³-hybridized carbons (Fsp3) is 0.337. The Bertz CT molecular complexity index is 4950. The second-order valence-corrected chi connectivity index (χ2v) is 30.2. The van der Waals surface area contributed by atoms with Crippen LogP contribution in [-0.2, 0) is 57.8 Å². The molecule has 0 saturated heterocycles. The molecule has 2 saturated carbocycles. The van der Waals surface area contributed by atoms with Crippen molar-refractivity contribution in [1.29, 1.82) is 0 Å². The molecule has 10 N–H and O–H groups in total. The van der Waals surface area contributed by atoms with E-state index >= 15 is 0 Å². The summed E-state index contributed by atoms with van der Waals surface area (Å²) in [5.74, 6) is -8.44. The zero-order chi connectivity index (χ0) is 90.1. The standard InChI is InChI=1S/C30H30ClF4N3O2.C28H28ClF4N3O3.C25H21ClF7N3O3.C3H6O2/c1-19(39)13-20-7-10-26(11-8-20)37-28(40)38-29(17-21-5-3-2-4-6-21,27-12-9-24(31)18-36-27)22-14-23(30(33,34)35)16-25(32)15-22;29-21-6-9-25(34-17-21)27(16-18-4-2-1-3-5-18,19-12-20(28(31,32)33)14-22(30)13-19)36-26(38)35-23-7-8-24(15-23)39-11-10-37;26-17-6-7-20(34-12-17)24(11-15-4-2-1-3-5-15,36-22(38)35-13-23(30,31)14-37)16-8-18(27)10-19(9-16)39-25(32,33)21(28)29;1-2-3(4)5/h2-6,9,12,14-16,18,20,26,39H,1,7-8,10-11,13,17H2,(H2,37,38,40);1-6,9,12-14,17,23-24,37H,7-8,10-11,15-16H2,(H2,35,36,38);1-10,12,21,37H,11,13-14H2,(H2,35,36,38);2H2,1H3,(H,4,5)/t20?,26?,29-;23?,24?,27-;24-;/m000./s1. The number of aliphatic carboxylic acids is 1. The maximum Gasteiger partial charge on any atom is 0.461 e. The van der Waals surface area contributed by atoms with Crippen molar-refractivity contribution in [3.05, 3.63) is 307 Å². The first kappa shape index (κ1) is 97.5. The van der Waals surface area contributed by atoms with Gasteiger partial charge >= 0.3 is 48.9 Å². The Kier molecular flexibility index (Phi) is 34.8. The van der Waals surface area contributed by atoms with E-state index in [1.54, 1.807) is 97.9 Å². The first-order valence-corrected chi connectivity index (χ1v) is 39.1. The Balaban J connectivity index is 0.000000222. The van der Waals surface area contributed by atoms with Gasteiger partial charge in [0, 0.05) is 68.8 Å². The van der Waals surface area contributed by atoms with Gasteiger partial charge in [-0.15, -0.1) is 0 Å². The van der Waals surface area contributed by atoms with Gasteiger partial charge < -0.3 is 61.8 Å². The molecule has 2 fully saturated rings. The van der Waals surface area contributed by atoms with E-state index < -0.39 is 119 Å². The Morgan fingerprint density at radius 3 is 1.24 bits per heavy atom. The van der Waals surface area contributed by atoms with Crippen molar-refractivity contribution in [3.8, 4) is 5.75 Å². The lowest BCUT2D eigenvalue weighted by atomic mass is 9.79. The summed E-state index contributed by atoms with van der Waals surface area (Å²) >= 11 is 18.1. The molecule has 9 aromatic rings. The number of amides is 6. The highest BCUT2D eigenvalue weighted by atomic mass is 35.5. The monoisotopic (exact) mass is 1790 g/mol. The number of nitrogens with zero attached hydrogens (tertiary/aromatic N) is 3. The topological polar surface area (TPSA) is 279 Å². The molecule has 6 aromatic carbocycles. The van der Waals surface area contributed by atoms with Gasteiger partial charge in [-0.05, 0) is 169 Å². The third-order valence-electron chi connectivity index (χ3n) is 19.6. The summed E-state index contributed by atoms with van der Waals surface area (Å²) in [5, 5.41) is 51.6. The van der Waals surface area contributed by atoms with E-state index in [0.717, 1.165) is 55.4 Å². The first-order valence-electron chi connectivity index (χ1n) is 38.0. The number of carbonyl (C=O) groups excluding carboxylic acids is 3.